The van der Waals surface area contributed by atoms with E-state index in [1.54, 1.807) is 0 Å². The number of carbonyl (C=O) groups excluding carboxylic acids is 1. The van der Waals surface area contributed by atoms with Crippen molar-refractivity contribution in [3.05, 3.63) is 0 Å². The van der Waals surface area contributed by atoms with Gasteiger partial charge in [0.25, 0.3) is 0 Å². The molecule has 0 aromatic heterocycles. The molecule has 0 aliphatic heterocycles. The van der Waals surface area contributed by atoms with Crippen LogP contribution in [0.2, 0.25) is 0 Å². The molecule has 0 heterocycles. The van der Waals surface area contributed by atoms with Gasteiger partial charge < -0.3 is 19.5 Å². The highest BCUT2D eigenvalue weighted by molar-refractivity contribution is 5.72. The molecule has 17 heavy (non-hydrogen) atoms. The van der Waals surface area contributed by atoms with Crippen molar-refractivity contribution in [2.24, 2.45) is 0 Å². The van der Waals surface area contributed by atoms with Crippen molar-refractivity contribution in [3.8, 4) is 0 Å². The van der Waals surface area contributed by atoms with Crippen LogP contribution >= 0.6 is 0 Å². The van der Waals surface area contributed by atoms with Gasteiger partial charge in [0.1, 0.15) is 5.60 Å². The third kappa shape index (κ3) is 10.2. The summed E-state index contributed by atoms with van der Waals surface area (Å²) in [5.41, 5.74) is -0.446. The number of hydrogen-bond donors (Lipinski definition) is 1. The molecule has 0 amide bonds. The molecule has 5 nitrogen and oxygen atoms in total. The van der Waals surface area contributed by atoms with Crippen LogP contribution in [0, 0.1) is 0 Å². The van der Waals surface area contributed by atoms with E-state index in [1.807, 2.05) is 34.6 Å². The minimum atomic E-state index is -0.446. The second-order valence-corrected chi connectivity index (χ2v) is 4.56. The van der Waals surface area contributed by atoms with Gasteiger partial charge in [-0.1, -0.05) is 0 Å². The molecule has 102 valence electrons. The van der Waals surface area contributed by atoms with E-state index in [-0.39, 0.29) is 18.8 Å². The van der Waals surface area contributed by atoms with E-state index in [0.717, 1.165) is 0 Å². The quantitative estimate of drug-likeness (QED) is 0.518. The van der Waals surface area contributed by atoms with Crippen molar-refractivity contribution in [1.29, 1.82) is 0 Å². The smallest absolute Gasteiger partial charge is 0.320 e. The van der Waals surface area contributed by atoms with Gasteiger partial charge in [0.15, 0.2) is 6.29 Å². The molecule has 0 rings (SSSR count). The Morgan fingerprint density at radius 1 is 1.18 bits per heavy atom. The Balaban J connectivity index is 3.76. The highest BCUT2D eigenvalue weighted by Crippen LogP contribution is 2.06. The minimum Gasteiger partial charge on any atom is -0.459 e. The van der Waals surface area contributed by atoms with Gasteiger partial charge >= 0.3 is 5.97 Å². The summed E-state index contributed by atoms with van der Waals surface area (Å²) in [6.07, 6.45) is -0.313. The predicted molar refractivity (Wildman–Crippen MR) is 65.8 cm³/mol. The monoisotopic (exact) mass is 247 g/mol. The van der Waals surface area contributed by atoms with E-state index in [9.17, 15) is 4.79 Å². The van der Waals surface area contributed by atoms with Gasteiger partial charge in [-0.15, -0.1) is 0 Å². The Morgan fingerprint density at radius 3 is 2.12 bits per heavy atom. The molecule has 0 spiro atoms. The Hall–Kier alpha value is -0.650. The van der Waals surface area contributed by atoms with Crippen molar-refractivity contribution in [2.45, 2.75) is 46.5 Å². The van der Waals surface area contributed by atoms with E-state index in [4.69, 9.17) is 14.2 Å². The normalized spacial score (nSPS) is 11.9. The summed E-state index contributed by atoms with van der Waals surface area (Å²) in [5, 5.41) is 2.95. The molecule has 0 radical (unpaired) electrons. The van der Waals surface area contributed by atoms with Gasteiger partial charge in [-0.2, -0.15) is 0 Å². The van der Waals surface area contributed by atoms with Crippen LogP contribution in [0.5, 0.6) is 0 Å². The average molecular weight is 247 g/mol. The largest absolute Gasteiger partial charge is 0.459 e. The van der Waals surface area contributed by atoms with Crippen LogP contribution in [-0.2, 0) is 19.0 Å². The molecule has 0 aromatic rings. The SMILES string of the molecule is CCOC(CNCC(=O)OC(C)(C)C)OCC. The Labute approximate surface area is 104 Å². The zero-order chi connectivity index (χ0) is 13.3. The summed E-state index contributed by atoms with van der Waals surface area (Å²) < 4.78 is 15.8. The highest BCUT2D eigenvalue weighted by atomic mass is 16.7. The molecule has 0 bridgehead atoms. The van der Waals surface area contributed by atoms with E-state index in [0.29, 0.717) is 19.8 Å². The van der Waals surface area contributed by atoms with Crippen molar-refractivity contribution < 1.29 is 19.0 Å². The second-order valence-electron chi connectivity index (χ2n) is 4.56. The van der Waals surface area contributed by atoms with Crippen LogP contribution in [0.15, 0.2) is 0 Å². The average Bonchev–Trinajstić information content (AvgIpc) is 2.15. The standard InChI is InChI=1S/C12H25NO4/c1-6-15-11(16-7-2)9-13-8-10(14)17-12(3,4)5/h11,13H,6-9H2,1-5H3. The molecule has 0 aliphatic rings. The first-order valence-corrected chi connectivity index (χ1v) is 6.04. The summed E-state index contributed by atoms with van der Waals surface area (Å²) >= 11 is 0. The third-order valence-corrected chi connectivity index (χ3v) is 1.71. The number of hydrogen-bond acceptors (Lipinski definition) is 5. The van der Waals surface area contributed by atoms with Crippen LogP contribution in [0.3, 0.4) is 0 Å². The lowest BCUT2D eigenvalue weighted by atomic mass is 10.2. The van der Waals surface area contributed by atoms with Gasteiger partial charge in [0, 0.05) is 19.8 Å². The zero-order valence-corrected chi connectivity index (χ0v) is 11.5. The maximum Gasteiger partial charge on any atom is 0.320 e. The van der Waals surface area contributed by atoms with Gasteiger partial charge in [-0.25, -0.2) is 0 Å². The fourth-order valence-corrected chi connectivity index (χ4v) is 1.21. The molecule has 0 aliphatic carbocycles. The van der Waals surface area contributed by atoms with Gasteiger partial charge in [0.05, 0.1) is 6.54 Å². The Morgan fingerprint density at radius 2 is 1.71 bits per heavy atom. The molecule has 0 atom stereocenters. The number of carbonyl (C=O) groups is 1. The first kappa shape index (κ1) is 16.4. The van der Waals surface area contributed by atoms with Crippen molar-refractivity contribution >= 4 is 5.97 Å². The summed E-state index contributed by atoms with van der Waals surface area (Å²) in [6, 6.07) is 0. The van der Waals surface area contributed by atoms with Gasteiger partial charge in [-0.3, -0.25) is 4.79 Å². The number of ether oxygens (including phenoxy) is 3. The lowest BCUT2D eigenvalue weighted by Gasteiger charge is -2.21. The second kappa shape index (κ2) is 8.44. The Kier molecular flexibility index (Phi) is 8.12. The number of rotatable bonds is 8. The van der Waals surface area contributed by atoms with Gasteiger partial charge in [0.2, 0.25) is 0 Å². The molecular weight excluding hydrogens is 222 g/mol. The molecule has 5 heteroatoms. The van der Waals surface area contributed by atoms with Crippen molar-refractivity contribution in [2.75, 3.05) is 26.3 Å². The fourth-order valence-electron chi connectivity index (χ4n) is 1.21. The fraction of sp³-hybridized carbons (Fsp3) is 0.917. The van der Waals surface area contributed by atoms with E-state index in [2.05, 4.69) is 5.32 Å². The van der Waals surface area contributed by atoms with Crippen LogP contribution in [0.4, 0.5) is 0 Å². The first-order chi connectivity index (χ1) is 7.89. The van der Waals surface area contributed by atoms with E-state index >= 15 is 0 Å². The van der Waals surface area contributed by atoms with Crippen LogP contribution in [-0.4, -0.2) is 44.2 Å². The number of esters is 1. The van der Waals surface area contributed by atoms with Crippen LogP contribution in [0.1, 0.15) is 34.6 Å². The van der Waals surface area contributed by atoms with E-state index < -0.39 is 5.60 Å². The summed E-state index contributed by atoms with van der Waals surface area (Å²) in [6.45, 7) is 11.1. The maximum absolute atomic E-state index is 11.4. The van der Waals surface area contributed by atoms with Crippen LogP contribution in [0.25, 0.3) is 0 Å². The maximum atomic E-state index is 11.4. The molecule has 0 aromatic carbocycles. The lowest BCUT2D eigenvalue weighted by molar-refractivity contribution is -0.155. The van der Waals surface area contributed by atoms with Gasteiger partial charge in [-0.05, 0) is 34.6 Å². The van der Waals surface area contributed by atoms with Crippen molar-refractivity contribution in [3.63, 3.8) is 0 Å². The third-order valence-electron chi connectivity index (χ3n) is 1.71. The first-order valence-electron chi connectivity index (χ1n) is 6.04. The number of nitrogens with one attached hydrogen (secondary N) is 1. The van der Waals surface area contributed by atoms with E-state index in [1.165, 1.54) is 0 Å². The Bertz CT molecular complexity index is 207. The summed E-state index contributed by atoms with van der Waals surface area (Å²) in [5.74, 6) is -0.274. The minimum absolute atomic E-state index is 0.161. The highest BCUT2D eigenvalue weighted by Gasteiger charge is 2.16. The zero-order valence-electron chi connectivity index (χ0n) is 11.5. The molecule has 0 unspecified atom stereocenters. The summed E-state index contributed by atoms with van der Waals surface area (Å²) in [4.78, 5) is 11.4. The van der Waals surface area contributed by atoms with Crippen LogP contribution < -0.4 is 5.32 Å². The molecule has 0 saturated carbocycles. The summed E-state index contributed by atoms with van der Waals surface area (Å²) in [7, 11) is 0. The molecule has 0 fully saturated rings. The molecular formula is C12H25NO4. The molecule has 0 saturated heterocycles. The topological polar surface area (TPSA) is 56.8 Å². The van der Waals surface area contributed by atoms with Crippen molar-refractivity contribution in [1.82, 2.24) is 5.32 Å². The molecule has 1 N–H and O–H groups in total. The predicted octanol–water partition coefficient (Wildman–Crippen LogP) is 1.32. The lowest BCUT2D eigenvalue weighted by Crippen LogP contribution is -2.37.